The first-order valence-corrected chi connectivity index (χ1v) is 12.8. The van der Waals surface area contributed by atoms with Gasteiger partial charge < -0.3 is 29.0 Å². The van der Waals surface area contributed by atoms with Crippen molar-refractivity contribution in [3.05, 3.63) is 86.9 Å². The second-order valence-electron chi connectivity index (χ2n) is 8.56. The molecule has 1 saturated heterocycles. The lowest BCUT2D eigenvalue weighted by Crippen LogP contribution is -2.29. The molecule has 0 spiro atoms. The molecule has 4 rings (SSSR count). The first-order valence-electron chi connectivity index (χ1n) is 12.0. The Morgan fingerprint density at radius 3 is 2.08 bits per heavy atom. The second kappa shape index (κ2) is 11.9. The third-order valence-corrected chi connectivity index (χ3v) is 6.98. The maximum absolute atomic E-state index is 13.5. The van der Waals surface area contributed by atoms with Gasteiger partial charge in [0.1, 0.15) is 22.3 Å². The van der Waals surface area contributed by atoms with Crippen LogP contribution >= 0.6 is 23.2 Å². The van der Waals surface area contributed by atoms with Crippen LogP contribution in [0.25, 0.3) is 5.76 Å². The predicted molar refractivity (Wildman–Crippen MR) is 148 cm³/mol. The molecule has 0 bridgehead atoms. The van der Waals surface area contributed by atoms with Crippen LogP contribution in [0, 0.1) is 0 Å². The summed E-state index contributed by atoms with van der Waals surface area (Å²) in [5, 5.41) is 11.7. The normalized spacial score (nSPS) is 16.4. The molecule has 39 heavy (non-hydrogen) atoms. The fraction of sp³-hybridized carbons (Fsp3) is 0.241. The summed E-state index contributed by atoms with van der Waals surface area (Å²) in [5.41, 5.74) is 1.27. The summed E-state index contributed by atoms with van der Waals surface area (Å²) in [4.78, 5) is 28.3. The van der Waals surface area contributed by atoms with Gasteiger partial charge in [0.25, 0.3) is 11.7 Å². The summed E-state index contributed by atoms with van der Waals surface area (Å²) in [6, 6.07) is 14.6. The van der Waals surface area contributed by atoms with E-state index >= 15 is 0 Å². The van der Waals surface area contributed by atoms with Crippen molar-refractivity contribution >= 4 is 40.7 Å². The highest BCUT2D eigenvalue weighted by atomic mass is 35.5. The Labute approximate surface area is 236 Å². The smallest absolute Gasteiger partial charge is 0.295 e. The van der Waals surface area contributed by atoms with Crippen LogP contribution in [0.4, 0.5) is 0 Å². The quantitative estimate of drug-likeness (QED) is 0.190. The van der Waals surface area contributed by atoms with Crippen LogP contribution < -0.4 is 18.9 Å². The number of ether oxygens (including phenoxy) is 4. The number of amides is 1. The molecule has 3 aromatic rings. The third kappa shape index (κ3) is 5.35. The maximum Gasteiger partial charge on any atom is 0.295 e. The van der Waals surface area contributed by atoms with Crippen molar-refractivity contribution < 1.29 is 33.6 Å². The second-order valence-corrected chi connectivity index (χ2v) is 9.35. The van der Waals surface area contributed by atoms with E-state index in [0.717, 1.165) is 5.56 Å². The van der Waals surface area contributed by atoms with Gasteiger partial charge in [0.05, 0.1) is 50.1 Å². The number of ketones is 1. The molecule has 3 aromatic carbocycles. The minimum atomic E-state index is -0.924. The number of nitrogens with zero attached hydrogens (tertiary/aromatic N) is 1. The van der Waals surface area contributed by atoms with Crippen molar-refractivity contribution in [1.82, 2.24) is 4.90 Å². The van der Waals surface area contributed by atoms with Gasteiger partial charge in [-0.1, -0.05) is 47.5 Å². The number of halogens is 2. The number of rotatable bonds is 9. The first kappa shape index (κ1) is 28.1. The lowest BCUT2D eigenvalue weighted by atomic mass is 9.94. The van der Waals surface area contributed by atoms with Crippen molar-refractivity contribution in [2.75, 3.05) is 27.9 Å². The molecule has 0 radical (unpaired) electrons. The van der Waals surface area contributed by atoms with Crippen molar-refractivity contribution in [1.29, 1.82) is 0 Å². The van der Waals surface area contributed by atoms with Gasteiger partial charge >= 0.3 is 0 Å². The van der Waals surface area contributed by atoms with Gasteiger partial charge in [-0.2, -0.15) is 0 Å². The number of hydrogen-bond donors (Lipinski definition) is 1. The predicted octanol–water partition coefficient (Wildman–Crippen LogP) is 6.04. The lowest BCUT2D eigenvalue weighted by molar-refractivity contribution is -0.140. The van der Waals surface area contributed by atoms with Crippen LogP contribution in [-0.2, 0) is 16.1 Å². The van der Waals surface area contributed by atoms with Crippen LogP contribution in [0.5, 0.6) is 23.0 Å². The highest BCUT2D eigenvalue weighted by Crippen LogP contribution is 2.47. The molecule has 8 nitrogen and oxygen atoms in total. The fourth-order valence-electron chi connectivity index (χ4n) is 4.52. The monoisotopic (exact) mass is 571 g/mol. The molecule has 1 amide bonds. The minimum Gasteiger partial charge on any atom is -0.507 e. The van der Waals surface area contributed by atoms with E-state index in [9.17, 15) is 14.7 Å². The number of carbonyl (C=O) groups excluding carboxylic acids is 2. The van der Waals surface area contributed by atoms with Crippen LogP contribution in [0.15, 0.2) is 60.2 Å². The van der Waals surface area contributed by atoms with E-state index in [-0.39, 0.29) is 39.2 Å². The van der Waals surface area contributed by atoms with Crippen molar-refractivity contribution in [3.63, 3.8) is 0 Å². The standard InChI is InChI=1S/C29H27Cl2NO7/c1-5-39-19-10-6-16(7-11-19)15-32-24(17-8-12-18(36-2)13-9-17)22(26(34)29(32)35)25(33)20-14-21(30)28(38-4)23(31)27(20)37-3/h6-14,24,33H,5,15H2,1-4H3/b25-22+. The van der Waals surface area contributed by atoms with Crippen LogP contribution in [-0.4, -0.2) is 49.6 Å². The Morgan fingerprint density at radius 1 is 0.897 bits per heavy atom. The van der Waals surface area contributed by atoms with Gasteiger partial charge in [0, 0.05) is 6.54 Å². The zero-order valence-corrected chi connectivity index (χ0v) is 23.3. The highest BCUT2D eigenvalue weighted by molar-refractivity contribution is 6.47. The SMILES string of the molecule is CCOc1ccc(CN2C(=O)C(=O)/C(=C(/O)c3cc(Cl)c(OC)c(Cl)c3OC)C2c2ccc(OC)cc2)cc1. The molecule has 1 heterocycles. The zero-order chi connectivity index (χ0) is 28.3. The van der Waals surface area contributed by atoms with Crippen molar-refractivity contribution in [3.8, 4) is 23.0 Å². The minimum absolute atomic E-state index is 0.0127. The van der Waals surface area contributed by atoms with Crippen LogP contribution in [0.1, 0.15) is 29.7 Å². The Hall–Kier alpha value is -3.88. The molecule has 204 valence electrons. The Morgan fingerprint density at radius 2 is 1.51 bits per heavy atom. The molecule has 1 N–H and O–H groups in total. The van der Waals surface area contributed by atoms with Gasteiger partial charge in [-0.05, 0) is 48.4 Å². The number of methoxy groups -OCH3 is 3. The molecule has 10 heteroatoms. The number of carbonyl (C=O) groups is 2. The summed E-state index contributed by atoms with van der Waals surface area (Å²) in [6.45, 7) is 2.51. The molecular weight excluding hydrogens is 545 g/mol. The van der Waals surface area contributed by atoms with E-state index in [1.165, 1.54) is 32.3 Å². The van der Waals surface area contributed by atoms with Crippen LogP contribution in [0.3, 0.4) is 0 Å². The molecule has 1 atom stereocenters. The number of likely N-dealkylation sites (tertiary alicyclic amines) is 1. The molecular formula is C29H27Cl2NO7. The molecule has 1 aliphatic heterocycles. The number of aliphatic hydroxyl groups is 1. The Balaban J connectivity index is 1.88. The lowest BCUT2D eigenvalue weighted by Gasteiger charge is -2.26. The van der Waals surface area contributed by atoms with Gasteiger partial charge in [0.15, 0.2) is 11.5 Å². The molecule has 1 aliphatic rings. The van der Waals surface area contributed by atoms with Crippen LogP contribution in [0.2, 0.25) is 10.0 Å². The molecule has 1 fully saturated rings. The van der Waals surface area contributed by atoms with E-state index in [1.807, 2.05) is 19.1 Å². The Bertz CT molecular complexity index is 1420. The first-order chi connectivity index (χ1) is 18.7. The number of benzene rings is 3. The maximum atomic E-state index is 13.5. The highest BCUT2D eigenvalue weighted by Gasteiger charge is 2.46. The van der Waals surface area contributed by atoms with Crippen molar-refractivity contribution in [2.24, 2.45) is 0 Å². The summed E-state index contributed by atoms with van der Waals surface area (Å²) in [6.07, 6.45) is 0. The molecule has 0 aliphatic carbocycles. The van der Waals surface area contributed by atoms with E-state index in [1.54, 1.807) is 36.4 Å². The van der Waals surface area contributed by atoms with E-state index in [4.69, 9.17) is 42.1 Å². The van der Waals surface area contributed by atoms with E-state index < -0.39 is 23.5 Å². The third-order valence-electron chi connectivity index (χ3n) is 6.35. The average molecular weight is 572 g/mol. The summed E-state index contributed by atoms with van der Waals surface area (Å²) in [5.74, 6) is -0.629. The molecule has 1 unspecified atom stereocenters. The van der Waals surface area contributed by atoms with Gasteiger partial charge in [0.2, 0.25) is 0 Å². The van der Waals surface area contributed by atoms with Gasteiger partial charge in [-0.25, -0.2) is 0 Å². The van der Waals surface area contributed by atoms with Gasteiger partial charge in [-0.15, -0.1) is 0 Å². The summed E-state index contributed by atoms with van der Waals surface area (Å²) < 4.78 is 21.5. The molecule has 0 saturated carbocycles. The topological polar surface area (TPSA) is 94.5 Å². The van der Waals surface area contributed by atoms with E-state index in [0.29, 0.717) is 23.7 Å². The van der Waals surface area contributed by atoms with E-state index in [2.05, 4.69) is 0 Å². The Kier molecular flexibility index (Phi) is 8.57. The van der Waals surface area contributed by atoms with Crippen molar-refractivity contribution in [2.45, 2.75) is 19.5 Å². The average Bonchev–Trinajstić information content (AvgIpc) is 3.18. The number of hydrogen-bond acceptors (Lipinski definition) is 7. The summed E-state index contributed by atoms with van der Waals surface area (Å²) in [7, 11) is 4.29. The fourth-order valence-corrected chi connectivity index (χ4v) is 5.21. The number of Topliss-reactive ketones (excluding diaryl/α,β-unsaturated/α-hetero) is 1. The summed E-state index contributed by atoms with van der Waals surface area (Å²) >= 11 is 12.8. The van der Waals surface area contributed by atoms with Gasteiger partial charge in [-0.3, -0.25) is 9.59 Å². The number of aliphatic hydroxyl groups excluding tert-OH is 1. The molecule has 0 aromatic heterocycles. The zero-order valence-electron chi connectivity index (χ0n) is 21.8. The largest absolute Gasteiger partial charge is 0.507 e.